The number of halogens is 1. The van der Waals surface area contributed by atoms with Crippen LogP contribution in [0.1, 0.15) is 46.3 Å². The van der Waals surface area contributed by atoms with Crippen molar-refractivity contribution >= 4 is 11.0 Å². The second-order valence-corrected chi connectivity index (χ2v) is 8.97. The van der Waals surface area contributed by atoms with Gasteiger partial charge in [0.05, 0.1) is 29.9 Å². The smallest absolute Gasteiger partial charge is 0.125 e. The zero-order valence-electron chi connectivity index (χ0n) is 18.0. The lowest BCUT2D eigenvalue weighted by Gasteiger charge is -2.16. The van der Waals surface area contributed by atoms with Gasteiger partial charge in [0, 0.05) is 17.5 Å². The summed E-state index contributed by atoms with van der Waals surface area (Å²) in [5.74, 6) is 2.07. The topological polar surface area (TPSA) is 47.3 Å². The normalized spacial score (nSPS) is 19.2. The van der Waals surface area contributed by atoms with Crippen LogP contribution in [0.2, 0.25) is 0 Å². The van der Waals surface area contributed by atoms with Crippen molar-refractivity contribution in [2.24, 2.45) is 0 Å². The van der Waals surface area contributed by atoms with Crippen LogP contribution in [-0.2, 0) is 12.8 Å². The molecule has 2 heterocycles. The Balaban J connectivity index is 1.35. The van der Waals surface area contributed by atoms with E-state index in [4.69, 9.17) is 4.74 Å². The molecule has 2 aliphatic rings. The maximum absolute atomic E-state index is 14.0. The molecule has 1 N–H and O–H groups in total. The molecule has 0 radical (unpaired) electrons. The van der Waals surface area contributed by atoms with E-state index in [1.807, 2.05) is 6.92 Å². The number of aliphatic hydroxyl groups excluding tert-OH is 1. The first-order chi connectivity index (χ1) is 15.6. The van der Waals surface area contributed by atoms with Gasteiger partial charge in [-0.2, -0.15) is 0 Å². The minimum atomic E-state index is -0.244. The van der Waals surface area contributed by atoms with Crippen LogP contribution in [0.3, 0.4) is 0 Å². The van der Waals surface area contributed by atoms with E-state index in [2.05, 4.69) is 45.9 Å². The summed E-state index contributed by atoms with van der Waals surface area (Å²) in [5, 5.41) is 9.52. The number of aliphatic hydroxyl groups is 1. The lowest BCUT2D eigenvalue weighted by Crippen LogP contribution is -2.04. The van der Waals surface area contributed by atoms with Crippen molar-refractivity contribution in [1.82, 2.24) is 9.55 Å². The van der Waals surface area contributed by atoms with E-state index in [-0.39, 0.29) is 18.3 Å². The fraction of sp³-hybridized carbons (Fsp3) is 0.296. The zero-order valence-corrected chi connectivity index (χ0v) is 18.0. The molecule has 0 saturated carbocycles. The molecule has 0 amide bonds. The molecule has 32 heavy (non-hydrogen) atoms. The number of aryl methyl sites for hydroxylation is 1. The molecule has 1 aliphatic carbocycles. The third kappa shape index (κ3) is 3.03. The number of rotatable bonds is 4. The molecule has 1 unspecified atom stereocenters. The molecule has 0 spiro atoms. The Kier molecular flexibility index (Phi) is 4.54. The van der Waals surface area contributed by atoms with Gasteiger partial charge in [-0.05, 0) is 73.1 Å². The number of hydrogen-bond donors (Lipinski definition) is 1. The van der Waals surface area contributed by atoms with Crippen LogP contribution >= 0.6 is 0 Å². The molecule has 6 rings (SSSR count). The van der Waals surface area contributed by atoms with Crippen molar-refractivity contribution in [1.29, 1.82) is 0 Å². The number of benzene rings is 3. The average molecular weight is 429 g/mol. The minimum Gasteiger partial charge on any atom is -0.493 e. The van der Waals surface area contributed by atoms with Crippen molar-refractivity contribution in [2.75, 3.05) is 13.2 Å². The quantitative estimate of drug-likeness (QED) is 0.485. The lowest BCUT2D eigenvalue weighted by molar-refractivity contribution is 0.232. The minimum absolute atomic E-state index is 0.0897. The molecule has 1 aliphatic heterocycles. The van der Waals surface area contributed by atoms with E-state index < -0.39 is 0 Å². The summed E-state index contributed by atoms with van der Waals surface area (Å²) in [6, 6.07) is 17.7. The Morgan fingerprint density at radius 1 is 1.09 bits per heavy atom. The first-order valence-electron chi connectivity index (χ1n) is 11.3. The second-order valence-electron chi connectivity index (χ2n) is 8.97. The molecule has 0 saturated heterocycles. The van der Waals surface area contributed by atoms with Gasteiger partial charge in [-0.15, -0.1) is 0 Å². The lowest BCUT2D eigenvalue weighted by atomic mass is 9.92. The highest BCUT2D eigenvalue weighted by atomic mass is 19.1. The largest absolute Gasteiger partial charge is 0.493 e. The van der Waals surface area contributed by atoms with Crippen LogP contribution in [0.25, 0.3) is 16.7 Å². The third-order valence-electron chi connectivity index (χ3n) is 7.06. The third-order valence-corrected chi connectivity index (χ3v) is 7.06. The zero-order chi connectivity index (χ0) is 21.8. The number of aromatic nitrogens is 2. The van der Waals surface area contributed by atoms with E-state index in [0.29, 0.717) is 12.5 Å². The van der Waals surface area contributed by atoms with Gasteiger partial charge in [-0.3, -0.25) is 4.57 Å². The standard InChI is InChI=1S/C27H25FN2O2/c1-16-29-24-10-7-20(28)13-26(24)30(16)25-4-2-3-21-18(6-9-23(21)25)11-17-5-8-22-19(14-31)15-32-27(22)12-17/h2-5,7-8,10,12-13,18-19,31H,6,9,11,14-15H2,1H3/t18?,19-/m1/s1. The van der Waals surface area contributed by atoms with Crippen LogP contribution in [0.15, 0.2) is 54.6 Å². The number of imidazole rings is 1. The Bertz CT molecular complexity index is 1340. The Hall–Kier alpha value is -3.18. The first-order valence-corrected chi connectivity index (χ1v) is 11.3. The van der Waals surface area contributed by atoms with Crippen LogP contribution in [0.5, 0.6) is 5.75 Å². The molecule has 1 aromatic heterocycles. The van der Waals surface area contributed by atoms with Crippen molar-refractivity contribution in [3.05, 3.63) is 88.5 Å². The van der Waals surface area contributed by atoms with Gasteiger partial charge >= 0.3 is 0 Å². The van der Waals surface area contributed by atoms with Gasteiger partial charge in [-0.25, -0.2) is 9.37 Å². The van der Waals surface area contributed by atoms with E-state index in [1.54, 1.807) is 12.1 Å². The van der Waals surface area contributed by atoms with E-state index in [9.17, 15) is 9.50 Å². The summed E-state index contributed by atoms with van der Waals surface area (Å²) in [7, 11) is 0. The Labute approximate surface area is 186 Å². The van der Waals surface area contributed by atoms with E-state index in [0.717, 1.165) is 53.1 Å². The summed E-state index contributed by atoms with van der Waals surface area (Å²) in [5.41, 5.74) is 7.82. The molecule has 2 atom stereocenters. The monoisotopic (exact) mass is 428 g/mol. The first kappa shape index (κ1) is 19.5. The van der Waals surface area contributed by atoms with Crippen molar-refractivity contribution < 1.29 is 14.2 Å². The van der Waals surface area contributed by atoms with Gasteiger partial charge < -0.3 is 9.84 Å². The summed E-state index contributed by atoms with van der Waals surface area (Å²) in [6.45, 7) is 2.66. The molecular weight excluding hydrogens is 403 g/mol. The highest BCUT2D eigenvalue weighted by molar-refractivity contribution is 5.79. The number of fused-ring (bicyclic) bond motifs is 3. The van der Waals surface area contributed by atoms with Crippen LogP contribution in [0.4, 0.5) is 4.39 Å². The number of hydrogen-bond acceptors (Lipinski definition) is 3. The number of nitrogens with zero attached hydrogens (tertiary/aromatic N) is 2. The molecule has 3 aromatic carbocycles. The molecule has 4 nitrogen and oxygen atoms in total. The Morgan fingerprint density at radius 3 is 2.88 bits per heavy atom. The van der Waals surface area contributed by atoms with Crippen molar-refractivity contribution in [2.45, 2.75) is 38.0 Å². The van der Waals surface area contributed by atoms with E-state index >= 15 is 0 Å². The predicted molar refractivity (Wildman–Crippen MR) is 122 cm³/mol. The van der Waals surface area contributed by atoms with Gasteiger partial charge in [0.1, 0.15) is 17.4 Å². The average Bonchev–Trinajstić information content (AvgIpc) is 3.48. The van der Waals surface area contributed by atoms with Gasteiger partial charge in [-0.1, -0.05) is 24.3 Å². The summed E-state index contributed by atoms with van der Waals surface area (Å²) in [4.78, 5) is 4.65. The summed E-state index contributed by atoms with van der Waals surface area (Å²) in [6.07, 6.45) is 3.04. The second kappa shape index (κ2) is 7.45. The van der Waals surface area contributed by atoms with Crippen molar-refractivity contribution in [3.63, 3.8) is 0 Å². The maximum Gasteiger partial charge on any atom is 0.125 e. The molecular formula is C27H25FN2O2. The van der Waals surface area contributed by atoms with E-state index in [1.165, 1.54) is 22.8 Å². The van der Waals surface area contributed by atoms with Crippen LogP contribution < -0.4 is 4.74 Å². The van der Waals surface area contributed by atoms with Crippen LogP contribution in [-0.4, -0.2) is 27.9 Å². The Morgan fingerprint density at radius 2 is 2.00 bits per heavy atom. The summed E-state index contributed by atoms with van der Waals surface area (Å²) < 4.78 is 21.9. The maximum atomic E-state index is 14.0. The predicted octanol–water partition coefficient (Wildman–Crippen LogP) is 5.21. The van der Waals surface area contributed by atoms with Gasteiger partial charge in [0.25, 0.3) is 0 Å². The highest BCUT2D eigenvalue weighted by Crippen LogP contribution is 2.41. The highest BCUT2D eigenvalue weighted by Gasteiger charge is 2.28. The molecule has 0 fully saturated rings. The SMILES string of the molecule is Cc1nc2ccc(F)cc2n1-c1cccc2c1CCC2Cc1ccc2c(c1)OC[C@H]2CO. The van der Waals surface area contributed by atoms with Crippen molar-refractivity contribution in [3.8, 4) is 11.4 Å². The molecule has 5 heteroatoms. The fourth-order valence-corrected chi connectivity index (χ4v) is 5.50. The summed E-state index contributed by atoms with van der Waals surface area (Å²) >= 11 is 0. The van der Waals surface area contributed by atoms with Crippen LogP contribution in [0, 0.1) is 12.7 Å². The van der Waals surface area contributed by atoms with Gasteiger partial charge in [0.2, 0.25) is 0 Å². The molecule has 162 valence electrons. The molecule has 4 aromatic rings. The number of ether oxygens (including phenoxy) is 1. The fourth-order valence-electron chi connectivity index (χ4n) is 5.50. The van der Waals surface area contributed by atoms with Gasteiger partial charge in [0.15, 0.2) is 0 Å². The molecule has 0 bridgehead atoms.